The van der Waals surface area contributed by atoms with Gasteiger partial charge in [-0.05, 0) is 18.8 Å². The second kappa shape index (κ2) is 4.73. The number of carbonyl (C=O) groups excluding carboxylic acids is 2. The second-order valence-electron chi connectivity index (χ2n) is 6.56. The number of hydrogen-bond acceptors (Lipinski definition) is 2. The topological polar surface area (TPSA) is 41.7 Å². The third kappa shape index (κ3) is 1.96. The number of rotatable bonds is 1. The van der Waals surface area contributed by atoms with Crippen molar-refractivity contribution < 1.29 is 9.59 Å². The zero-order valence-electron chi connectivity index (χ0n) is 12.7. The third-order valence-electron chi connectivity index (χ3n) is 5.20. The minimum Gasteiger partial charge on any atom is -0.342 e. The normalized spacial score (nSPS) is 32.1. The van der Waals surface area contributed by atoms with Crippen LogP contribution >= 0.6 is 0 Å². The summed E-state index contributed by atoms with van der Waals surface area (Å²) in [6.07, 6.45) is 3.53. The Balaban J connectivity index is 2.53. The van der Waals surface area contributed by atoms with Gasteiger partial charge in [-0.1, -0.05) is 26.8 Å². The van der Waals surface area contributed by atoms with Crippen LogP contribution in [0, 0.1) is 23.3 Å². The summed E-state index contributed by atoms with van der Waals surface area (Å²) >= 11 is 0. The van der Waals surface area contributed by atoms with Crippen LogP contribution in [0.5, 0.6) is 0 Å². The van der Waals surface area contributed by atoms with E-state index in [4.69, 9.17) is 6.57 Å². The first-order valence-electron chi connectivity index (χ1n) is 7.19. The van der Waals surface area contributed by atoms with Gasteiger partial charge in [-0.3, -0.25) is 4.79 Å². The number of nitrogens with zero attached hydrogens (tertiary/aromatic N) is 2. The Kier molecular flexibility index (Phi) is 3.49. The molecule has 0 unspecified atom stereocenters. The van der Waals surface area contributed by atoms with Crippen LogP contribution in [0.4, 0.5) is 0 Å². The van der Waals surface area contributed by atoms with Crippen LogP contribution in [0.2, 0.25) is 0 Å². The van der Waals surface area contributed by atoms with Crippen LogP contribution in [0.25, 0.3) is 4.85 Å². The van der Waals surface area contributed by atoms with E-state index in [0.29, 0.717) is 13.1 Å². The van der Waals surface area contributed by atoms with Gasteiger partial charge >= 0.3 is 0 Å². The van der Waals surface area contributed by atoms with Crippen LogP contribution in [-0.4, -0.2) is 29.7 Å². The number of Topliss-reactive ketones (excluding diaryl/α,β-unsaturated/α-hetero) is 1. The van der Waals surface area contributed by atoms with E-state index in [1.54, 1.807) is 6.92 Å². The molecule has 1 heterocycles. The number of likely N-dealkylation sites (tertiary alicyclic amines) is 1. The molecule has 1 saturated heterocycles. The summed E-state index contributed by atoms with van der Waals surface area (Å²) in [7, 11) is 0. The van der Waals surface area contributed by atoms with Gasteiger partial charge in [0.25, 0.3) is 0 Å². The van der Waals surface area contributed by atoms with Crippen molar-refractivity contribution in [2.75, 3.05) is 13.1 Å². The molecule has 4 nitrogen and oxygen atoms in total. The molecule has 2 atom stereocenters. The molecule has 1 aliphatic heterocycles. The minimum atomic E-state index is -0.520. The number of piperidine rings is 1. The fourth-order valence-corrected chi connectivity index (χ4v) is 3.98. The summed E-state index contributed by atoms with van der Waals surface area (Å²) in [6, 6.07) is 0. The molecule has 0 aromatic carbocycles. The van der Waals surface area contributed by atoms with Gasteiger partial charge in [-0.2, -0.15) is 0 Å². The van der Waals surface area contributed by atoms with Crippen molar-refractivity contribution in [3.8, 4) is 0 Å². The molecular weight excluding hydrogens is 252 g/mol. The molecule has 20 heavy (non-hydrogen) atoms. The van der Waals surface area contributed by atoms with Gasteiger partial charge in [-0.25, -0.2) is 4.85 Å². The van der Waals surface area contributed by atoms with Gasteiger partial charge in [0.1, 0.15) is 0 Å². The van der Waals surface area contributed by atoms with Crippen molar-refractivity contribution in [1.82, 2.24) is 4.90 Å². The highest BCUT2D eigenvalue weighted by atomic mass is 16.2. The lowest BCUT2D eigenvalue weighted by atomic mass is 9.54. The molecule has 0 spiro atoms. The summed E-state index contributed by atoms with van der Waals surface area (Å²) in [5.74, 6) is 0.232. The Morgan fingerprint density at radius 3 is 2.70 bits per heavy atom. The summed E-state index contributed by atoms with van der Waals surface area (Å²) in [5.41, 5.74) is -0.507. The lowest BCUT2D eigenvalue weighted by Gasteiger charge is -2.54. The Morgan fingerprint density at radius 1 is 1.55 bits per heavy atom. The molecule has 1 fully saturated rings. The quantitative estimate of drug-likeness (QED) is 0.690. The fraction of sp³-hybridized carbons (Fsp3) is 0.688. The van der Waals surface area contributed by atoms with Crippen LogP contribution in [0.1, 0.15) is 40.5 Å². The van der Waals surface area contributed by atoms with E-state index in [9.17, 15) is 9.59 Å². The summed E-state index contributed by atoms with van der Waals surface area (Å²) < 4.78 is 0. The zero-order valence-corrected chi connectivity index (χ0v) is 12.7. The largest absolute Gasteiger partial charge is 0.342 e. The molecule has 0 aromatic rings. The van der Waals surface area contributed by atoms with E-state index in [0.717, 1.165) is 12.8 Å². The highest BCUT2D eigenvalue weighted by Crippen LogP contribution is 2.53. The Bertz CT molecular complexity index is 527. The average Bonchev–Trinajstić information content (AvgIpc) is 2.42. The molecule has 2 rings (SSSR count). The molecule has 4 heteroatoms. The Hall–Kier alpha value is -1.63. The third-order valence-corrected chi connectivity index (χ3v) is 5.20. The van der Waals surface area contributed by atoms with Crippen molar-refractivity contribution in [2.24, 2.45) is 16.7 Å². The van der Waals surface area contributed by atoms with Crippen molar-refractivity contribution >= 4 is 11.7 Å². The maximum atomic E-state index is 12.4. The first kappa shape index (κ1) is 14.8. The standard InChI is InChI=1S/C16H22N2O2/c1-6-16-9-12(17-5)14(20)15(3,4)13(16)7-8-18(10-16)11(2)19/h9,13H,6-8,10H2,1-4H3/t13-,16+/m1/s1. The van der Waals surface area contributed by atoms with E-state index >= 15 is 0 Å². The monoisotopic (exact) mass is 274 g/mol. The van der Waals surface area contributed by atoms with E-state index in [-0.39, 0.29) is 28.7 Å². The molecule has 0 bridgehead atoms. The molecule has 0 N–H and O–H groups in total. The van der Waals surface area contributed by atoms with E-state index < -0.39 is 5.41 Å². The van der Waals surface area contributed by atoms with Crippen LogP contribution < -0.4 is 0 Å². The lowest BCUT2D eigenvalue weighted by molar-refractivity contribution is -0.140. The van der Waals surface area contributed by atoms with E-state index in [1.165, 1.54) is 0 Å². The van der Waals surface area contributed by atoms with Crippen LogP contribution in [0.15, 0.2) is 11.8 Å². The Labute approximate surface area is 120 Å². The molecule has 0 aromatic heterocycles. The molecule has 0 radical (unpaired) electrons. The predicted molar refractivity (Wildman–Crippen MR) is 76.6 cm³/mol. The molecular formula is C16H22N2O2. The number of fused-ring (bicyclic) bond motifs is 1. The van der Waals surface area contributed by atoms with Crippen molar-refractivity contribution in [3.63, 3.8) is 0 Å². The Morgan fingerprint density at radius 2 is 2.20 bits per heavy atom. The van der Waals surface area contributed by atoms with Crippen LogP contribution in [0.3, 0.4) is 0 Å². The van der Waals surface area contributed by atoms with Gasteiger partial charge in [0.2, 0.25) is 11.6 Å². The number of ketones is 1. The van der Waals surface area contributed by atoms with Crippen LogP contribution in [-0.2, 0) is 9.59 Å². The fourth-order valence-electron chi connectivity index (χ4n) is 3.98. The number of hydrogen-bond donors (Lipinski definition) is 0. The van der Waals surface area contributed by atoms with Crippen molar-refractivity contribution in [2.45, 2.75) is 40.5 Å². The second-order valence-corrected chi connectivity index (χ2v) is 6.56. The molecule has 0 saturated carbocycles. The maximum absolute atomic E-state index is 12.4. The maximum Gasteiger partial charge on any atom is 0.226 e. The number of amides is 1. The molecule has 2 aliphatic rings. The first-order chi connectivity index (χ1) is 9.28. The summed E-state index contributed by atoms with van der Waals surface area (Å²) in [4.78, 5) is 29.4. The molecule has 1 amide bonds. The van der Waals surface area contributed by atoms with E-state index in [1.807, 2.05) is 24.8 Å². The highest BCUT2D eigenvalue weighted by Gasteiger charge is 2.54. The predicted octanol–water partition coefficient (Wildman–Crippen LogP) is 2.66. The molecule has 108 valence electrons. The van der Waals surface area contributed by atoms with Gasteiger partial charge in [0.05, 0.1) is 6.57 Å². The lowest BCUT2D eigenvalue weighted by Crippen LogP contribution is -2.57. The highest BCUT2D eigenvalue weighted by molar-refractivity contribution is 6.02. The number of carbonyl (C=O) groups is 2. The molecule has 1 aliphatic carbocycles. The zero-order chi connectivity index (χ0) is 15.1. The summed E-state index contributed by atoms with van der Waals surface area (Å²) in [6.45, 7) is 16.2. The van der Waals surface area contributed by atoms with Gasteiger partial charge in [0, 0.05) is 30.8 Å². The van der Waals surface area contributed by atoms with Crippen molar-refractivity contribution in [1.29, 1.82) is 0 Å². The number of allylic oxidation sites excluding steroid dienone is 1. The SMILES string of the molecule is [C-]#[N+]C1=C[C@@]2(CC)CN(C(C)=O)CC[C@@H]2C(C)(C)C1=O. The summed E-state index contributed by atoms with van der Waals surface area (Å²) in [5, 5.41) is 0. The van der Waals surface area contributed by atoms with Gasteiger partial charge < -0.3 is 9.69 Å². The minimum absolute atomic E-state index is 0.0437. The smallest absolute Gasteiger partial charge is 0.226 e. The van der Waals surface area contributed by atoms with Crippen molar-refractivity contribution in [3.05, 3.63) is 23.2 Å². The van der Waals surface area contributed by atoms with Gasteiger partial charge in [-0.15, -0.1) is 0 Å². The average molecular weight is 274 g/mol. The van der Waals surface area contributed by atoms with E-state index in [2.05, 4.69) is 11.8 Å². The first-order valence-corrected chi connectivity index (χ1v) is 7.19. The van der Waals surface area contributed by atoms with Gasteiger partial charge in [0.15, 0.2) is 5.78 Å².